The SMILES string of the molecule is CS(=O)(=O)N(CC(=O)Nc1cccc(C#N)c1)C1CCCCC1. The van der Waals surface area contributed by atoms with Crippen LogP contribution in [0, 0.1) is 11.3 Å². The molecule has 1 aromatic carbocycles. The molecule has 0 aromatic heterocycles. The van der Waals surface area contributed by atoms with Gasteiger partial charge in [-0.15, -0.1) is 0 Å². The lowest BCUT2D eigenvalue weighted by Crippen LogP contribution is -2.45. The van der Waals surface area contributed by atoms with Gasteiger partial charge in [-0.05, 0) is 31.0 Å². The number of sulfonamides is 1. The molecule has 0 spiro atoms. The summed E-state index contributed by atoms with van der Waals surface area (Å²) in [6, 6.07) is 8.44. The van der Waals surface area contributed by atoms with Crippen molar-refractivity contribution in [2.75, 3.05) is 18.1 Å². The number of carbonyl (C=O) groups is 1. The van der Waals surface area contributed by atoms with Crippen molar-refractivity contribution in [1.82, 2.24) is 4.31 Å². The first-order valence-corrected chi connectivity index (χ1v) is 9.52. The van der Waals surface area contributed by atoms with Gasteiger partial charge in [0.15, 0.2) is 0 Å². The van der Waals surface area contributed by atoms with Crippen LogP contribution in [0.4, 0.5) is 5.69 Å². The lowest BCUT2D eigenvalue weighted by Gasteiger charge is -2.31. The summed E-state index contributed by atoms with van der Waals surface area (Å²) in [5, 5.41) is 11.5. The molecule has 1 N–H and O–H groups in total. The smallest absolute Gasteiger partial charge is 0.239 e. The summed E-state index contributed by atoms with van der Waals surface area (Å²) in [5.41, 5.74) is 0.932. The average Bonchev–Trinajstić information content (AvgIpc) is 2.52. The molecule has 0 heterocycles. The molecule has 1 aliphatic carbocycles. The molecule has 0 saturated heterocycles. The third kappa shape index (κ3) is 5.05. The van der Waals surface area contributed by atoms with E-state index in [1.165, 1.54) is 4.31 Å². The summed E-state index contributed by atoms with van der Waals surface area (Å²) in [6.45, 7) is -0.194. The first-order chi connectivity index (χ1) is 10.9. The van der Waals surface area contributed by atoms with E-state index in [1.54, 1.807) is 24.3 Å². The molecular formula is C16H21N3O3S. The molecule has 7 heteroatoms. The number of amides is 1. The molecule has 0 atom stereocenters. The summed E-state index contributed by atoms with van der Waals surface area (Å²) in [4.78, 5) is 12.2. The van der Waals surface area contributed by atoms with Gasteiger partial charge in [0.2, 0.25) is 15.9 Å². The number of nitrogens with one attached hydrogen (secondary N) is 1. The fourth-order valence-electron chi connectivity index (χ4n) is 2.89. The molecule has 2 rings (SSSR count). The minimum Gasteiger partial charge on any atom is -0.325 e. The van der Waals surface area contributed by atoms with Gasteiger partial charge in [-0.3, -0.25) is 4.79 Å². The minimum atomic E-state index is -3.44. The van der Waals surface area contributed by atoms with Crippen LogP contribution in [0.15, 0.2) is 24.3 Å². The molecule has 0 unspecified atom stereocenters. The Hall–Kier alpha value is -1.91. The van der Waals surface area contributed by atoms with Crippen molar-refractivity contribution in [3.63, 3.8) is 0 Å². The summed E-state index contributed by atoms with van der Waals surface area (Å²) >= 11 is 0. The van der Waals surface area contributed by atoms with Crippen molar-refractivity contribution < 1.29 is 13.2 Å². The highest BCUT2D eigenvalue weighted by atomic mass is 32.2. The number of hydrogen-bond donors (Lipinski definition) is 1. The van der Waals surface area contributed by atoms with Crippen molar-refractivity contribution in [3.05, 3.63) is 29.8 Å². The van der Waals surface area contributed by atoms with Crippen molar-refractivity contribution in [2.24, 2.45) is 0 Å². The van der Waals surface area contributed by atoms with Gasteiger partial charge >= 0.3 is 0 Å². The van der Waals surface area contributed by atoms with Crippen molar-refractivity contribution >= 4 is 21.6 Å². The van der Waals surface area contributed by atoms with E-state index < -0.39 is 15.9 Å². The van der Waals surface area contributed by atoms with E-state index in [-0.39, 0.29) is 12.6 Å². The van der Waals surface area contributed by atoms with Gasteiger partial charge in [0.25, 0.3) is 0 Å². The van der Waals surface area contributed by atoms with E-state index >= 15 is 0 Å². The molecule has 1 amide bonds. The zero-order valence-corrected chi connectivity index (χ0v) is 14.0. The third-order valence-electron chi connectivity index (χ3n) is 3.98. The van der Waals surface area contributed by atoms with E-state index in [2.05, 4.69) is 5.32 Å². The van der Waals surface area contributed by atoms with Crippen LogP contribution in [0.25, 0.3) is 0 Å². The van der Waals surface area contributed by atoms with Crippen LogP contribution in [-0.2, 0) is 14.8 Å². The lowest BCUT2D eigenvalue weighted by molar-refractivity contribution is -0.116. The van der Waals surface area contributed by atoms with Gasteiger partial charge in [-0.25, -0.2) is 8.42 Å². The molecule has 23 heavy (non-hydrogen) atoms. The van der Waals surface area contributed by atoms with Crippen LogP contribution in [0.2, 0.25) is 0 Å². The van der Waals surface area contributed by atoms with Gasteiger partial charge in [0.05, 0.1) is 24.4 Å². The van der Waals surface area contributed by atoms with Crippen LogP contribution in [0.1, 0.15) is 37.7 Å². The standard InChI is InChI=1S/C16H21N3O3S/c1-23(21,22)19(15-8-3-2-4-9-15)12-16(20)18-14-7-5-6-13(10-14)11-17/h5-7,10,15H,2-4,8-9,12H2,1H3,(H,18,20). The number of nitriles is 1. The van der Waals surface area contributed by atoms with Gasteiger partial charge in [0.1, 0.15) is 0 Å². The number of hydrogen-bond acceptors (Lipinski definition) is 4. The van der Waals surface area contributed by atoms with Crippen LogP contribution in [-0.4, -0.2) is 37.5 Å². The summed E-state index contributed by atoms with van der Waals surface area (Å²) in [5.74, 6) is -0.393. The molecule has 1 aromatic rings. The molecule has 1 saturated carbocycles. The fraction of sp³-hybridized carbons (Fsp3) is 0.500. The van der Waals surface area contributed by atoms with Crippen molar-refractivity contribution in [3.8, 4) is 6.07 Å². The van der Waals surface area contributed by atoms with Crippen molar-refractivity contribution in [2.45, 2.75) is 38.1 Å². The van der Waals surface area contributed by atoms with Crippen LogP contribution in [0.3, 0.4) is 0 Å². The van der Waals surface area contributed by atoms with E-state index in [1.807, 2.05) is 6.07 Å². The summed E-state index contributed by atoms with van der Waals surface area (Å²) < 4.78 is 25.3. The first kappa shape index (κ1) is 17.4. The van der Waals surface area contributed by atoms with Crippen LogP contribution < -0.4 is 5.32 Å². The number of nitrogens with zero attached hydrogens (tertiary/aromatic N) is 2. The minimum absolute atomic E-state index is 0.102. The van der Waals surface area contributed by atoms with Crippen LogP contribution >= 0.6 is 0 Å². The van der Waals surface area contributed by atoms with Gasteiger partial charge in [0, 0.05) is 11.7 Å². The molecule has 124 valence electrons. The maximum Gasteiger partial charge on any atom is 0.239 e. The number of anilines is 1. The Balaban J connectivity index is 2.06. The maximum absolute atomic E-state index is 12.2. The second kappa shape index (κ2) is 7.57. The number of benzene rings is 1. The Morgan fingerprint density at radius 1 is 1.35 bits per heavy atom. The molecule has 6 nitrogen and oxygen atoms in total. The monoisotopic (exact) mass is 335 g/mol. The number of rotatable bonds is 5. The largest absolute Gasteiger partial charge is 0.325 e. The molecule has 0 aliphatic heterocycles. The second-order valence-corrected chi connectivity index (χ2v) is 7.78. The zero-order valence-electron chi connectivity index (χ0n) is 13.2. The topological polar surface area (TPSA) is 90.3 Å². The molecular weight excluding hydrogens is 314 g/mol. The fourth-order valence-corrected chi connectivity index (χ4v) is 4.00. The van der Waals surface area contributed by atoms with E-state index in [0.717, 1.165) is 38.4 Å². The average molecular weight is 335 g/mol. The highest BCUT2D eigenvalue weighted by Gasteiger charge is 2.29. The molecule has 1 aliphatic rings. The predicted octanol–water partition coefficient (Wildman–Crippen LogP) is 2.09. The van der Waals surface area contributed by atoms with Crippen molar-refractivity contribution in [1.29, 1.82) is 5.26 Å². The Bertz CT molecular complexity index is 704. The van der Waals surface area contributed by atoms with Gasteiger partial charge in [-0.1, -0.05) is 25.3 Å². The highest BCUT2D eigenvalue weighted by molar-refractivity contribution is 7.88. The van der Waals surface area contributed by atoms with Gasteiger partial charge in [-0.2, -0.15) is 9.57 Å². The molecule has 0 radical (unpaired) electrons. The Morgan fingerprint density at radius 2 is 2.04 bits per heavy atom. The third-order valence-corrected chi connectivity index (χ3v) is 5.26. The van der Waals surface area contributed by atoms with Crippen LogP contribution in [0.5, 0.6) is 0 Å². The summed E-state index contributed by atoms with van der Waals surface area (Å²) in [7, 11) is -3.44. The van der Waals surface area contributed by atoms with E-state index in [4.69, 9.17) is 5.26 Å². The van der Waals surface area contributed by atoms with E-state index in [9.17, 15) is 13.2 Å². The van der Waals surface area contributed by atoms with Gasteiger partial charge < -0.3 is 5.32 Å². The highest BCUT2D eigenvalue weighted by Crippen LogP contribution is 2.24. The number of carbonyl (C=O) groups excluding carboxylic acids is 1. The Labute approximate surface area is 137 Å². The molecule has 0 bridgehead atoms. The normalized spacial score (nSPS) is 16.0. The zero-order chi connectivity index (χ0) is 16.9. The Morgan fingerprint density at radius 3 is 2.65 bits per heavy atom. The first-order valence-electron chi connectivity index (χ1n) is 7.67. The Kier molecular flexibility index (Phi) is 5.74. The molecule has 1 fully saturated rings. The maximum atomic E-state index is 12.2. The second-order valence-electron chi connectivity index (χ2n) is 5.84. The quantitative estimate of drug-likeness (QED) is 0.892. The van der Waals surface area contributed by atoms with E-state index in [0.29, 0.717) is 11.3 Å². The summed E-state index contributed by atoms with van der Waals surface area (Å²) in [6.07, 6.45) is 5.83. The predicted molar refractivity (Wildman–Crippen MR) is 88.2 cm³/mol. The lowest BCUT2D eigenvalue weighted by atomic mass is 9.95.